The Morgan fingerprint density at radius 1 is 1.50 bits per heavy atom. The number of rotatable bonds is 3. The van der Waals surface area contributed by atoms with Crippen LogP contribution in [0.3, 0.4) is 0 Å². The zero-order chi connectivity index (χ0) is 9.03. The fourth-order valence-corrected chi connectivity index (χ4v) is 2.27. The zero-order valence-corrected chi connectivity index (χ0v) is 8.56. The molecule has 1 rings (SSSR count). The van der Waals surface area contributed by atoms with Crippen LogP contribution in [0.2, 0.25) is 0 Å². The van der Waals surface area contributed by atoms with Gasteiger partial charge in [-0.25, -0.2) is 0 Å². The van der Waals surface area contributed by atoms with E-state index in [9.17, 15) is 0 Å². The van der Waals surface area contributed by atoms with Crippen molar-refractivity contribution >= 4 is 11.6 Å². The summed E-state index contributed by atoms with van der Waals surface area (Å²) in [6, 6.07) is 0. The van der Waals surface area contributed by atoms with Crippen molar-refractivity contribution in [1.82, 2.24) is 0 Å². The van der Waals surface area contributed by atoms with Crippen LogP contribution in [-0.4, -0.2) is 41.8 Å². The monoisotopic (exact) mass is 192 g/mol. The molecule has 0 bridgehead atoms. The lowest BCUT2D eigenvalue weighted by Crippen LogP contribution is -2.53. The Hall–Kier alpha value is 0.210. The molecule has 1 N–H and O–H groups in total. The van der Waals surface area contributed by atoms with E-state index in [1.165, 1.54) is 19.4 Å². The van der Waals surface area contributed by atoms with Gasteiger partial charge < -0.3 is 9.59 Å². The molecule has 1 saturated heterocycles. The standard InChI is InChI=1S/C9H19ClNO/c1-11(7-4-8-12)6-3-2-5-9(11)10/h9,12H,2-8H2,1H3/q+1. The Morgan fingerprint density at radius 2 is 2.25 bits per heavy atom. The lowest BCUT2D eigenvalue weighted by molar-refractivity contribution is -0.925. The zero-order valence-electron chi connectivity index (χ0n) is 7.80. The maximum atomic E-state index is 8.74. The molecular weight excluding hydrogens is 174 g/mol. The summed E-state index contributed by atoms with van der Waals surface area (Å²) >= 11 is 6.25. The first-order valence-electron chi connectivity index (χ1n) is 4.78. The van der Waals surface area contributed by atoms with E-state index in [4.69, 9.17) is 16.7 Å². The summed E-state index contributed by atoms with van der Waals surface area (Å²) in [7, 11) is 2.20. The minimum Gasteiger partial charge on any atom is -0.396 e. The van der Waals surface area contributed by atoms with E-state index in [0.29, 0.717) is 0 Å². The number of hydrogen-bond donors (Lipinski definition) is 1. The highest BCUT2D eigenvalue weighted by Gasteiger charge is 2.32. The molecule has 0 aromatic carbocycles. The lowest BCUT2D eigenvalue weighted by Gasteiger charge is -2.41. The maximum Gasteiger partial charge on any atom is 0.164 e. The number of hydrogen-bond acceptors (Lipinski definition) is 1. The van der Waals surface area contributed by atoms with Gasteiger partial charge in [-0.1, -0.05) is 11.6 Å². The average Bonchev–Trinajstić information content (AvgIpc) is 2.07. The van der Waals surface area contributed by atoms with Gasteiger partial charge in [0, 0.05) is 19.4 Å². The lowest BCUT2D eigenvalue weighted by atomic mass is 10.1. The van der Waals surface area contributed by atoms with Crippen LogP contribution in [-0.2, 0) is 0 Å². The average molecular weight is 193 g/mol. The van der Waals surface area contributed by atoms with Crippen molar-refractivity contribution < 1.29 is 9.59 Å². The number of alkyl halides is 1. The molecule has 0 radical (unpaired) electrons. The van der Waals surface area contributed by atoms with Gasteiger partial charge in [-0.15, -0.1) is 0 Å². The van der Waals surface area contributed by atoms with Gasteiger partial charge in [-0.05, 0) is 12.8 Å². The van der Waals surface area contributed by atoms with Crippen LogP contribution < -0.4 is 0 Å². The van der Waals surface area contributed by atoms with Crippen molar-refractivity contribution in [1.29, 1.82) is 0 Å². The smallest absolute Gasteiger partial charge is 0.164 e. The van der Waals surface area contributed by atoms with Crippen LogP contribution in [0.1, 0.15) is 25.7 Å². The largest absolute Gasteiger partial charge is 0.396 e. The van der Waals surface area contributed by atoms with E-state index in [-0.39, 0.29) is 12.1 Å². The minimum atomic E-state index is 0.269. The SMILES string of the molecule is C[N+]1(CCCO)CCCCC1Cl. The molecule has 0 aromatic heterocycles. The summed E-state index contributed by atoms with van der Waals surface area (Å²) in [5.41, 5.74) is 0.269. The topological polar surface area (TPSA) is 20.2 Å². The number of nitrogens with zero attached hydrogens (tertiary/aromatic N) is 1. The van der Waals surface area contributed by atoms with Gasteiger partial charge in [0.2, 0.25) is 0 Å². The van der Waals surface area contributed by atoms with Crippen molar-refractivity contribution in [3.05, 3.63) is 0 Å². The number of aliphatic hydroxyl groups excluding tert-OH is 1. The van der Waals surface area contributed by atoms with Crippen LogP contribution in [0.15, 0.2) is 0 Å². The first-order chi connectivity index (χ1) is 5.69. The summed E-state index contributed by atoms with van der Waals surface area (Å²) in [4.78, 5) is 0. The molecule has 0 amide bonds. The molecule has 0 spiro atoms. The van der Waals surface area contributed by atoms with Gasteiger partial charge in [-0.2, -0.15) is 0 Å². The van der Waals surface area contributed by atoms with Crippen LogP contribution >= 0.6 is 11.6 Å². The molecule has 2 nitrogen and oxygen atoms in total. The fourth-order valence-electron chi connectivity index (χ4n) is 1.92. The summed E-state index contributed by atoms with van der Waals surface area (Å²) in [5.74, 6) is 0. The van der Waals surface area contributed by atoms with Gasteiger partial charge in [0.05, 0.1) is 20.1 Å². The summed E-state index contributed by atoms with van der Waals surface area (Å²) in [6.45, 7) is 2.48. The van der Waals surface area contributed by atoms with E-state index in [1.807, 2.05) is 0 Å². The second-order valence-electron chi connectivity index (χ2n) is 3.93. The Bertz CT molecular complexity index is 142. The molecule has 2 atom stereocenters. The van der Waals surface area contributed by atoms with Gasteiger partial charge >= 0.3 is 0 Å². The molecule has 0 aliphatic carbocycles. The molecule has 1 aliphatic heterocycles. The van der Waals surface area contributed by atoms with E-state index in [0.717, 1.165) is 23.9 Å². The Morgan fingerprint density at radius 3 is 2.83 bits per heavy atom. The molecule has 1 aliphatic rings. The van der Waals surface area contributed by atoms with Gasteiger partial charge in [-0.3, -0.25) is 0 Å². The molecule has 0 aromatic rings. The van der Waals surface area contributed by atoms with E-state index in [1.54, 1.807) is 0 Å². The predicted molar refractivity (Wildman–Crippen MR) is 51.1 cm³/mol. The second-order valence-corrected chi connectivity index (χ2v) is 4.44. The number of quaternary nitrogens is 1. The number of halogens is 1. The van der Waals surface area contributed by atoms with E-state index in [2.05, 4.69) is 7.05 Å². The molecule has 2 unspecified atom stereocenters. The molecule has 12 heavy (non-hydrogen) atoms. The van der Waals surface area contributed by atoms with Crippen molar-refractivity contribution in [2.45, 2.75) is 31.2 Å². The Kier molecular flexibility index (Phi) is 3.81. The highest BCUT2D eigenvalue weighted by atomic mass is 35.5. The maximum absolute atomic E-state index is 8.74. The third kappa shape index (κ3) is 2.35. The highest BCUT2D eigenvalue weighted by Crippen LogP contribution is 2.26. The second kappa shape index (κ2) is 4.45. The normalized spacial score (nSPS) is 36.8. The van der Waals surface area contributed by atoms with Crippen LogP contribution in [0.5, 0.6) is 0 Å². The molecule has 1 fully saturated rings. The van der Waals surface area contributed by atoms with Crippen LogP contribution in [0.4, 0.5) is 0 Å². The first kappa shape index (κ1) is 10.3. The first-order valence-corrected chi connectivity index (χ1v) is 5.22. The predicted octanol–water partition coefficient (Wildman–Crippen LogP) is 1.56. The summed E-state index contributed by atoms with van der Waals surface area (Å²) in [5, 5.41) is 8.74. The fraction of sp³-hybridized carbons (Fsp3) is 1.00. The number of likely N-dealkylation sites (tertiary alicyclic amines) is 1. The third-order valence-electron chi connectivity index (χ3n) is 2.86. The molecule has 1 heterocycles. The van der Waals surface area contributed by atoms with Crippen LogP contribution in [0.25, 0.3) is 0 Å². The van der Waals surface area contributed by atoms with Gasteiger partial charge in [0.15, 0.2) is 5.50 Å². The molecular formula is C9H19ClNO+. The Balaban J connectivity index is 2.42. The third-order valence-corrected chi connectivity index (χ3v) is 3.55. The Labute approximate surface area is 79.7 Å². The van der Waals surface area contributed by atoms with Crippen molar-refractivity contribution in [3.8, 4) is 0 Å². The minimum absolute atomic E-state index is 0.269. The van der Waals surface area contributed by atoms with Crippen molar-refractivity contribution in [3.63, 3.8) is 0 Å². The molecule has 72 valence electrons. The summed E-state index contributed by atoms with van der Waals surface area (Å²) in [6.07, 6.45) is 4.55. The number of piperidine rings is 1. The van der Waals surface area contributed by atoms with Gasteiger partial charge in [0.1, 0.15) is 0 Å². The summed E-state index contributed by atoms with van der Waals surface area (Å²) < 4.78 is 0.947. The number of aliphatic hydroxyl groups is 1. The van der Waals surface area contributed by atoms with Gasteiger partial charge in [0.25, 0.3) is 0 Å². The highest BCUT2D eigenvalue weighted by molar-refractivity contribution is 6.19. The molecule has 0 saturated carbocycles. The van der Waals surface area contributed by atoms with Crippen molar-refractivity contribution in [2.75, 3.05) is 26.7 Å². The van der Waals surface area contributed by atoms with Crippen molar-refractivity contribution in [2.24, 2.45) is 0 Å². The van der Waals surface area contributed by atoms with E-state index >= 15 is 0 Å². The van der Waals surface area contributed by atoms with E-state index < -0.39 is 0 Å². The van der Waals surface area contributed by atoms with Crippen LogP contribution in [0, 0.1) is 0 Å². The molecule has 3 heteroatoms. The quantitative estimate of drug-likeness (QED) is 0.409.